The van der Waals surface area contributed by atoms with Crippen molar-refractivity contribution in [2.75, 3.05) is 11.5 Å². The molecule has 4 N–H and O–H groups in total. The zero-order valence-electron chi connectivity index (χ0n) is 17.7. The van der Waals surface area contributed by atoms with Crippen LogP contribution in [0.25, 0.3) is 0 Å². The fraction of sp³-hybridized carbons (Fsp3) is 0.625. The maximum Gasteiger partial charge on any atom is 0.471 e. The van der Waals surface area contributed by atoms with Gasteiger partial charge in [0.25, 0.3) is 0 Å². The van der Waals surface area contributed by atoms with Crippen LogP contribution >= 0.6 is 0 Å². The summed E-state index contributed by atoms with van der Waals surface area (Å²) in [5.41, 5.74) is 8.62. The van der Waals surface area contributed by atoms with Crippen LogP contribution < -0.4 is 16.2 Å². The van der Waals surface area contributed by atoms with E-state index < -0.39 is 76.8 Å². The Hall–Kier alpha value is -2.85. The van der Waals surface area contributed by atoms with Crippen LogP contribution in [-0.4, -0.2) is 59.7 Å². The van der Waals surface area contributed by atoms with Gasteiger partial charge in [-0.05, 0) is 12.1 Å². The molecule has 0 aliphatic carbocycles. The van der Waals surface area contributed by atoms with E-state index in [4.69, 9.17) is 11.5 Å². The van der Waals surface area contributed by atoms with Crippen molar-refractivity contribution in [2.24, 2.45) is 0 Å². The van der Waals surface area contributed by atoms with Gasteiger partial charge in [0.15, 0.2) is 0 Å². The third-order valence-electron chi connectivity index (χ3n) is 4.79. The van der Waals surface area contributed by atoms with Gasteiger partial charge in [0, 0.05) is 6.07 Å². The molecule has 1 aromatic rings. The van der Waals surface area contributed by atoms with E-state index in [0.717, 1.165) is 0 Å². The summed E-state index contributed by atoms with van der Waals surface area (Å²) in [6.07, 6.45) is -15.3. The number of anilines is 2. The largest absolute Gasteiger partial charge is 0.471 e. The van der Waals surface area contributed by atoms with E-state index in [9.17, 15) is 92.2 Å². The van der Waals surface area contributed by atoms with Crippen LogP contribution in [0, 0.1) is 0 Å². The van der Waals surface area contributed by atoms with Gasteiger partial charge in [-0.25, -0.2) is 0 Å². The first-order valence-corrected chi connectivity index (χ1v) is 8.94. The highest BCUT2D eigenvalue weighted by atomic mass is 19.4. The zero-order valence-corrected chi connectivity index (χ0v) is 17.7. The summed E-state index contributed by atoms with van der Waals surface area (Å²) in [6.45, 7) is 0. The van der Waals surface area contributed by atoms with E-state index in [2.05, 4.69) is 4.74 Å². The van der Waals surface area contributed by atoms with Gasteiger partial charge in [-0.15, -0.1) is 0 Å². The van der Waals surface area contributed by atoms with Gasteiger partial charge in [-0.2, -0.15) is 92.2 Å². The Morgan fingerprint density at radius 3 is 1.00 bits per heavy atom. The molecular formula is C16H7F21N2O. The lowest BCUT2D eigenvalue weighted by molar-refractivity contribution is -0.480. The molecule has 24 heteroatoms. The molecule has 234 valence electrons. The predicted molar refractivity (Wildman–Crippen MR) is 86.5 cm³/mol. The molecule has 0 aromatic heterocycles. The van der Waals surface area contributed by atoms with E-state index >= 15 is 0 Å². The molecule has 0 fully saturated rings. The second kappa shape index (κ2) is 9.08. The van der Waals surface area contributed by atoms with E-state index in [1.54, 1.807) is 0 Å². The molecule has 0 bridgehead atoms. The van der Waals surface area contributed by atoms with Gasteiger partial charge in [-0.3, -0.25) is 0 Å². The summed E-state index contributed by atoms with van der Waals surface area (Å²) in [4.78, 5) is 0. The third-order valence-corrected chi connectivity index (χ3v) is 4.79. The van der Waals surface area contributed by atoms with E-state index in [1.165, 1.54) is 0 Å². The van der Waals surface area contributed by atoms with Crippen molar-refractivity contribution in [2.45, 2.75) is 59.7 Å². The van der Waals surface area contributed by atoms with Crippen molar-refractivity contribution in [3.63, 3.8) is 0 Å². The molecule has 0 aliphatic heterocycles. The number of nitrogen functional groups attached to an aromatic ring is 2. The molecule has 0 aliphatic rings. The maximum atomic E-state index is 13.8. The van der Waals surface area contributed by atoms with Crippen molar-refractivity contribution >= 4 is 11.4 Å². The summed E-state index contributed by atoms with van der Waals surface area (Å²) in [5, 5.41) is 0. The fourth-order valence-electron chi connectivity index (χ4n) is 2.37. The van der Waals surface area contributed by atoms with Crippen LogP contribution in [0.15, 0.2) is 18.2 Å². The number of halogens is 21. The van der Waals surface area contributed by atoms with Gasteiger partial charge in [-0.1, -0.05) is 0 Å². The Bertz CT molecular complexity index is 1090. The van der Waals surface area contributed by atoms with E-state index in [1.807, 2.05) is 0 Å². The van der Waals surface area contributed by atoms with Gasteiger partial charge < -0.3 is 16.2 Å². The minimum absolute atomic E-state index is 0.0121. The molecular weight excluding hydrogens is 635 g/mol. The zero-order chi connectivity index (χ0) is 32.6. The van der Waals surface area contributed by atoms with Crippen molar-refractivity contribution in [3.05, 3.63) is 18.2 Å². The molecule has 3 nitrogen and oxygen atoms in total. The number of benzene rings is 1. The molecule has 0 saturated carbocycles. The highest BCUT2D eigenvalue weighted by molar-refractivity contribution is 5.65. The average molecular weight is 642 g/mol. The van der Waals surface area contributed by atoms with Crippen molar-refractivity contribution in [1.29, 1.82) is 0 Å². The van der Waals surface area contributed by atoms with Crippen LogP contribution in [0.5, 0.6) is 5.75 Å². The molecule has 0 heterocycles. The fourth-order valence-corrected chi connectivity index (χ4v) is 2.37. The minimum Gasteiger partial charge on any atom is -0.428 e. The Morgan fingerprint density at radius 1 is 0.400 bits per heavy atom. The van der Waals surface area contributed by atoms with Crippen LogP contribution in [0.3, 0.4) is 0 Å². The molecule has 0 saturated heterocycles. The lowest BCUT2D eigenvalue weighted by atomic mass is 9.87. The topological polar surface area (TPSA) is 61.3 Å². The van der Waals surface area contributed by atoms with Crippen molar-refractivity contribution in [3.8, 4) is 5.75 Å². The number of alkyl halides is 21. The number of rotatable bonds is 10. The quantitative estimate of drug-likeness (QED) is 0.206. The van der Waals surface area contributed by atoms with Crippen LogP contribution in [-0.2, 0) is 0 Å². The SMILES string of the molecule is Nc1ccc(OC(F)(F)C(F)(F)C(F)(F)C(F)(F)C(F)(F)C(F)(F)C(F)(F)C(F)(F)C(F)(F)C(F)(F)F)cc1N. The summed E-state index contributed by atoms with van der Waals surface area (Å²) < 4.78 is 282. The molecule has 0 unspecified atom stereocenters. The van der Waals surface area contributed by atoms with Crippen molar-refractivity contribution < 1.29 is 96.9 Å². The van der Waals surface area contributed by atoms with Crippen LogP contribution in [0.4, 0.5) is 104 Å². The molecule has 0 radical (unpaired) electrons. The number of hydrogen-bond donors (Lipinski definition) is 2. The van der Waals surface area contributed by atoms with Gasteiger partial charge in [0.05, 0.1) is 11.4 Å². The molecule has 1 rings (SSSR count). The van der Waals surface area contributed by atoms with E-state index in [-0.39, 0.29) is 12.1 Å². The van der Waals surface area contributed by atoms with Crippen LogP contribution in [0.1, 0.15) is 0 Å². The normalized spacial score (nSPS) is 15.8. The maximum absolute atomic E-state index is 13.8. The minimum atomic E-state index is -9.23. The Labute approximate surface area is 204 Å². The van der Waals surface area contributed by atoms with E-state index in [0.29, 0.717) is 6.07 Å². The molecule has 0 amide bonds. The number of hydrogen-bond acceptors (Lipinski definition) is 3. The lowest BCUT2D eigenvalue weighted by Gasteiger charge is -2.44. The highest BCUT2D eigenvalue weighted by Crippen LogP contribution is 2.66. The number of nitrogens with two attached hydrogens (primary N) is 2. The molecule has 0 atom stereocenters. The second-order valence-corrected chi connectivity index (χ2v) is 7.50. The Kier molecular flexibility index (Phi) is 7.98. The standard InChI is InChI=1S/C16H7F21N2O/c17-7(18,9(21,22)11(25,26)13(29,30)15(33,34)35)8(19,20)10(23,24)12(27,28)14(31,32)16(36,37)40-4-1-2-5(38)6(39)3-4/h1-3H,38-39H2. The average Bonchev–Trinajstić information content (AvgIpc) is 2.74. The van der Waals surface area contributed by atoms with Gasteiger partial charge in [0.1, 0.15) is 5.75 Å². The molecule has 1 aromatic carbocycles. The first-order chi connectivity index (χ1) is 17.1. The monoisotopic (exact) mass is 642 g/mol. The number of ether oxygens (including phenoxy) is 1. The van der Waals surface area contributed by atoms with Crippen LogP contribution in [0.2, 0.25) is 0 Å². The second-order valence-electron chi connectivity index (χ2n) is 7.50. The summed E-state index contributed by atoms with van der Waals surface area (Å²) in [7, 11) is 0. The molecule has 0 spiro atoms. The Balaban J connectivity index is 3.73. The first-order valence-electron chi connectivity index (χ1n) is 8.94. The smallest absolute Gasteiger partial charge is 0.428 e. The highest BCUT2D eigenvalue weighted by Gasteiger charge is 2.98. The van der Waals surface area contributed by atoms with Crippen molar-refractivity contribution in [1.82, 2.24) is 0 Å². The third kappa shape index (κ3) is 4.43. The predicted octanol–water partition coefficient (Wildman–Crippen LogP) is 7.47. The summed E-state index contributed by atoms with van der Waals surface area (Å²) in [6, 6.07) is 0.458. The lowest BCUT2D eigenvalue weighted by Crippen LogP contribution is -2.77. The molecule has 40 heavy (non-hydrogen) atoms. The first kappa shape index (κ1) is 35.2. The summed E-state index contributed by atoms with van der Waals surface area (Å²) >= 11 is 0. The van der Waals surface area contributed by atoms with Gasteiger partial charge >= 0.3 is 59.7 Å². The Morgan fingerprint density at radius 2 is 0.700 bits per heavy atom. The van der Waals surface area contributed by atoms with Gasteiger partial charge in [0.2, 0.25) is 0 Å². The summed E-state index contributed by atoms with van der Waals surface area (Å²) in [5.74, 6) is -72.8.